The summed E-state index contributed by atoms with van der Waals surface area (Å²) >= 11 is 0. The molecule has 0 unspecified atom stereocenters. The quantitative estimate of drug-likeness (QED) is 0.873. The normalized spacial score (nSPS) is 10.5. The fourth-order valence-corrected chi connectivity index (χ4v) is 1.41. The maximum Gasteiger partial charge on any atom is 0.253 e. The van der Waals surface area contributed by atoms with Gasteiger partial charge in [-0.05, 0) is 6.07 Å². The van der Waals surface area contributed by atoms with Gasteiger partial charge in [0.2, 0.25) is 5.89 Å². The van der Waals surface area contributed by atoms with Gasteiger partial charge in [-0.2, -0.15) is 0 Å². The van der Waals surface area contributed by atoms with Crippen molar-refractivity contribution in [3.05, 3.63) is 41.4 Å². The van der Waals surface area contributed by atoms with Crippen LogP contribution in [0.5, 0.6) is 5.75 Å². The molecule has 2 N–H and O–H groups in total. The Kier molecular flexibility index (Phi) is 3.34. The van der Waals surface area contributed by atoms with Gasteiger partial charge in [0.15, 0.2) is 18.2 Å². The number of benzene rings is 1. The summed E-state index contributed by atoms with van der Waals surface area (Å²) in [6.45, 7) is 1.90. The first-order chi connectivity index (χ1) is 8.20. The van der Waals surface area contributed by atoms with Crippen LogP contribution in [0.1, 0.15) is 17.3 Å². The Balaban J connectivity index is 2.13. The van der Waals surface area contributed by atoms with Crippen molar-refractivity contribution in [3.8, 4) is 5.75 Å². The highest BCUT2D eigenvalue weighted by atomic mass is 19.1. The predicted octanol–water partition coefficient (Wildman–Crippen LogP) is 1.55. The second kappa shape index (κ2) is 4.92. The Morgan fingerprint density at radius 3 is 2.88 bits per heavy atom. The van der Waals surface area contributed by atoms with Crippen LogP contribution in [0.15, 0.2) is 22.6 Å². The molecule has 1 heterocycles. The predicted molar refractivity (Wildman–Crippen MR) is 57.7 cm³/mol. The Morgan fingerprint density at radius 1 is 1.41 bits per heavy atom. The number of hydrogen-bond acceptors (Lipinski definition) is 5. The van der Waals surface area contributed by atoms with Crippen LogP contribution in [0.25, 0.3) is 0 Å². The van der Waals surface area contributed by atoms with Gasteiger partial charge < -0.3 is 14.9 Å². The summed E-state index contributed by atoms with van der Waals surface area (Å²) in [4.78, 5) is 0. The maximum absolute atomic E-state index is 13.5. The van der Waals surface area contributed by atoms with E-state index in [1.807, 2.05) is 0 Å². The molecule has 0 aliphatic carbocycles. The fourth-order valence-electron chi connectivity index (χ4n) is 1.41. The lowest BCUT2D eigenvalue weighted by Gasteiger charge is -2.09. The van der Waals surface area contributed by atoms with Gasteiger partial charge in [0.1, 0.15) is 0 Å². The molecule has 5 nitrogen and oxygen atoms in total. The molecule has 2 aromatic rings. The van der Waals surface area contributed by atoms with Crippen molar-refractivity contribution in [2.24, 2.45) is 5.73 Å². The lowest BCUT2D eigenvalue weighted by Crippen LogP contribution is -2.04. The first-order valence-corrected chi connectivity index (χ1v) is 5.10. The van der Waals surface area contributed by atoms with E-state index in [9.17, 15) is 4.39 Å². The smallest absolute Gasteiger partial charge is 0.253 e. The minimum absolute atomic E-state index is 0.0226. The van der Waals surface area contributed by atoms with E-state index >= 15 is 0 Å². The van der Waals surface area contributed by atoms with Crippen molar-refractivity contribution in [2.75, 3.05) is 0 Å². The van der Waals surface area contributed by atoms with Gasteiger partial charge in [0.05, 0.1) is 0 Å². The molecule has 0 fully saturated rings. The summed E-state index contributed by atoms with van der Waals surface area (Å²) < 4.78 is 23.9. The fraction of sp³-hybridized carbons (Fsp3) is 0.273. The molecular formula is C11H12FN3O2. The van der Waals surface area contributed by atoms with Crippen molar-refractivity contribution in [2.45, 2.75) is 20.1 Å². The number of aromatic nitrogens is 2. The zero-order valence-electron chi connectivity index (χ0n) is 9.31. The van der Waals surface area contributed by atoms with Gasteiger partial charge in [0.25, 0.3) is 5.89 Å². The van der Waals surface area contributed by atoms with Gasteiger partial charge >= 0.3 is 0 Å². The van der Waals surface area contributed by atoms with Crippen LogP contribution in [-0.2, 0) is 13.2 Å². The summed E-state index contributed by atoms with van der Waals surface area (Å²) in [5, 5.41) is 7.40. The molecule has 0 amide bonds. The lowest BCUT2D eigenvalue weighted by molar-refractivity contribution is 0.247. The SMILES string of the molecule is Cc1nnc(COc2c(F)cccc2CN)o1. The van der Waals surface area contributed by atoms with E-state index in [2.05, 4.69) is 10.2 Å². The summed E-state index contributed by atoms with van der Waals surface area (Å²) in [6.07, 6.45) is 0. The van der Waals surface area contributed by atoms with Gasteiger partial charge in [-0.3, -0.25) is 0 Å². The Morgan fingerprint density at radius 2 is 2.24 bits per heavy atom. The van der Waals surface area contributed by atoms with Crippen molar-refractivity contribution in [3.63, 3.8) is 0 Å². The van der Waals surface area contributed by atoms with Crippen LogP contribution in [0.2, 0.25) is 0 Å². The molecule has 0 saturated carbocycles. The molecule has 1 aromatic carbocycles. The molecule has 0 spiro atoms. The van der Waals surface area contributed by atoms with Crippen LogP contribution in [0.3, 0.4) is 0 Å². The van der Waals surface area contributed by atoms with Gasteiger partial charge in [-0.25, -0.2) is 4.39 Å². The minimum Gasteiger partial charge on any atom is -0.480 e. The van der Waals surface area contributed by atoms with Crippen molar-refractivity contribution in [1.82, 2.24) is 10.2 Å². The Hall–Kier alpha value is -1.95. The zero-order chi connectivity index (χ0) is 12.3. The molecule has 0 atom stereocenters. The van der Waals surface area contributed by atoms with Crippen molar-refractivity contribution < 1.29 is 13.5 Å². The van der Waals surface area contributed by atoms with Crippen LogP contribution in [0, 0.1) is 12.7 Å². The third kappa shape index (κ3) is 2.59. The highest BCUT2D eigenvalue weighted by Crippen LogP contribution is 2.23. The highest BCUT2D eigenvalue weighted by Gasteiger charge is 2.10. The molecular weight excluding hydrogens is 225 g/mol. The summed E-state index contributed by atoms with van der Waals surface area (Å²) in [6, 6.07) is 4.60. The number of hydrogen-bond donors (Lipinski definition) is 1. The van der Waals surface area contributed by atoms with Crippen LogP contribution < -0.4 is 10.5 Å². The molecule has 90 valence electrons. The van der Waals surface area contributed by atoms with E-state index in [0.717, 1.165) is 0 Å². The molecule has 0 aliphatic rings. The van der Waals surface area contributed by atoms with Crippen molar-refractivity contribution >= 4 is 0 Å². The first kappa shape index (κ1) is 11.5. The molecule has 0 aliphatic heterocycles. The molecule has 6 heteroatoms. The second-order valence-electron chi connectivity index (χ2n) is 3.44. The zero-order valence-corrected chi connectivity index (χ0v) is 9.31. The second-order valence-corrected chi connectivity index (χ2v) is 3.44. The number of halogens is 1. The largest absolute Gasteiger partial charge is 0.480 e. The molecule has 0 bridgehead atoms. The highest BCUT2D eigenvalue weighted by molar-refractivity contribution is 5.34. The van der Waals surface area contributed by atoms with Crippen molar-refractivity contribution in [1.29, 1.82) is 0 Å². The number of nitrogens with zero attached hydrogens (tertiary/aromatic N) is 2. The van der Waals surface area contributed by atoms with E-state index < -0.39 is 5.82 Å². The van der Waals surface area contributed by atoms with Gasteiger partial charge in [-0.1, -0.05) is 12.1 Å². The summed E-state index contributed by atoms with van der Waals surface area (Å²) in [7, 11) is 0. The minimum atomic E-state index is -0.454. The van der Waals surface area contributed by atoms with E-state index in [0.29, 0.717) is 17.3 Å². The molecule has 1 aromatic heterocycles. The third-order valence-electron chi connectivity index (χ3n) is 2.18. The first-order valence-electron chi connectivity index (χ1n) is 5.10. The third-order valence-corrected chi connectivity index (χ3v) is 2.18. The molecule has 2 rings (SSSR count). The summed E-state index contributed by atoms with van der Waals surface area (Å²) in [5.41, 5.74) is 6.09. The monoisotopic (exact) mass is 237 g/mol. The van der Waals surface area contributed by atoms with E-state index in [-0.39, 0.29) is 18.9 Å². The van der Waals surface area contributed by atoms with Gasteiger partial charge in [0, 0.05) is 19.0 Å². The number of nitrogens with two attached hydrogens (primary N) is 1. The average Bonchev–Trinajstić information content (AvgIpc) is 2.73. The van der Waals surface area contributed by atoms with Gasteiger partial charge in [-0.15, -0.1) is 10.2 Å². The van der Waals surface area contributed by atoms with Crippen LogP contribution in [-0.4, -0.2) is 10.2 Å². The van der Waals surface area contributed by atoms with E-state index in [1.54, 1.807) is 19.1 Å². The topological polar surface area (TPSA) is 74.2 Å². The number of para-hydroxylation sites is 1. The molecule has 0 saturated heterocycles. The Labute approximate surface area is 97.4 Å². The molecule has 17 heavy (non-hydrogen) atoms. The average molecular weight is 237 g/mol. The molecule has 0 radical (unpaired) electrons. The number of aryl methyl sites for hydroxylation is 1. The van der Waals surface area contributed by atoms with E-state index in [4.69, 9.17) is 14.9 Å². The lowest BCUT2D eigenvalue weighted by atomic mass is 10.2. The number of ether oxygens (including phenoxy) is 1. The van der Waals surface area contributed by atoms with Crippen LogP contribution in [0.4, 0.5) is 4.39 Å². The maximum atomic E-state index is 13.5. The standard InChI is InChI=1S/C11H12FN3O2/c1-7-14-15-10(17-7)6-16-11-8(5-13)3-2-4-9(11)12/h2-4H,5-6,13H2,1H3. The van der Waals surface area contributed by atoms with E-state index in [1.165, 1.54) is 6.07 Å². The summed E-state index contributed by atoms with van der Waals surface area (Å²) in [5.74, 6) is 0.417. The Bertz CT molecular complexity index is 513. The van der Waals surface area contributed by atoms with Crippen LogP contribution >= 0.6 is 0 Å². The number of rotatable bonds is 4.